The summed E-state index contributed by atoms with van der Waals surface area (Å²) < 4.78 is 24.8. The molecule has 0 aromatic rings. The molecule has 0 atom stereocenters. The fourth-order valence-electron chi connectivity index (χ4n) is 14.8. The molecule has 0 saturated heterocycles. The Bertz CT molecular complexity index is 1410. The van der Waals surface area contributed by atoms with Gasteiger partial charge in [-0.05, 0) is 25.7 Å². The van der Waals surface area contributed by atoms with E-state index in [0.29, 0.717) is 25.9 Å². The summed E-state index contributed by atoms with van der Waals surface area (Å²) in [6, 6.07) is 0. The van der Waals surface area contributed by atoms with Crippen LogP contribution in [0.15, 0.2) is 0 Å². The van der Waals surface area contributed by atoms with E-state index in [-0.39, 0.29) is 44.3 Å². The highest BCUT2D eigenvalue weighted by Crippen LogP contribution is 2.26. The number of esters is 3. The first-order valence-electron chi connectivity index (χ1n) is 46.0. The molecule has 99 heavy (non-hydrogen) atoms. The molecule has 0 fully saturated rings. The molecular formula is C92H180O7. The molecule has 0 N–H and O–H groups in total. The zero-order valence-corrected chi connectivity index (χ0v) is 68.3. The van der Waals surface area contributed by atoms with Gasteiger partial charge in [-0.15, -0.1) is 0 Å². The SMILES string of the molecule is CCCCCCCCCCCCCCCCCCCCCOCC(COC(=O)CCCCCCCCCCCCCCCCCCCCC)(COC(=O)CCCCCCCCCCCCCCCCCCCCC)COC(=O)CCCCCCCCCCCCCCCCCCCCC. The summed E-state index contributed by atoms with van der Waals surface area (Å²) in [6.45, 7) is 9.98. The molecule has 0 rings (SSSR count). The second-order valence-electron chi connectivity index (χ2n) is 32.2. The Kier molecular flexibility index (Phi) is 83.9. The Labute approximate surface area is 621 Å². The second-order valence-corrected chi connectivity index (χ2v) is 32.2. The van der Waals surface area contributed by atoms with E-state index >= 15 is 0 Å². The number of unbranched alkanes of at least 4 members (excludes halogenated alkanes) is 72. The quantitative estimate of drug-likeness (QED) is 0.0340. The maximum Gasteiger partial charge on any atom is 0.305 e. The first kappa shape index (κ1) is 97.4. The third-order valence-corrected chi connectivity index (χ3v) is 21.9. The lowest BCUT2D eigenvalue weighted by atomic mass is 9.92. The predicted octanol–water partition coefficient (Wildman–Crippen LogP) is 31.5. The first-order chi connectivity index (χ1) is 48.9. The Morgan fingerprint density at radius 2 is 0.303 bits per heavy atom. The highest BCUT2D eigenvalue weighted by molar-refractivity contribution is 5.70. The van der Waals surface area contributed by atoms with Crippen LogP contribution in [-0.4, -0.2) is 50.9 Å². The van der Waals surface area contributed by atoms with Gasteiger partial charge in [-0.2, -0.15) is 0 Å². The van der Waals surface area contributed by atoms with Gasteiger partial charge < -0.3 is 18.9 Å². The van der Waals surface area contributed by atoms with Crippen LogP contribution in [0, 0.1) is 5.41 Å². The van der Waals surface area contributed by atoms with E-state index in [0.717, 1.165) is 70.6 Å². The minimum Gasteiger partial charge on any atom is -0.465 e. The van der Waals surface area contributed by atoms with Crippen molar-refractivity contribution in [3.63, 3.8) is 0 Å². The lowest BCUT2D eigenvalue weighted by molar-refractivity contribution is -0.167. The molecule has 0 radical (unpaired) electrons. The van der Waals surface area contributed by atoms with Gasteiger partial charge in [0.15, 0.2) is 0 Å². The number of hydrogen-bond acceptors (Lipinski definition) is 7. The van der Waals surface area contributed by atoms with E-state index in [9.17, 15) is 14.4 Å². The van der Waals surface area contributed by atoms with Crippen molar-refractivity contribution in [2.45, 2.75) is 535 Å². The Morgan fingerprint density at radius 3 is 0.455 bits per heavy atom. The van der Waals surface area contributed by atoms with Gasteiger partial charge in [0.1, 0.15) is 19.8 Å². The molecule has 7 nitrogen and oxygen atoms in total. The van der Waals surface area contributed by atoms with E-state index in [1.54, 1.807) is 0 Å². The molecule has 0 bridgehead atoms. The standard InChI is InChI=1S/C92H180O7/c1-5-9-13-17-21-25-29-33-37-41-45-49-53-57-61-65-69-73-77-81-89(93)97-86-92(85-96-84-80-76-72-68-64-60-56-52-48-44-40-36-32-28-24-20-16-12-8-4,87-98-90(94)82-78-74-70-66-62-58-54-50-46-42-38-34-30-26-22-18-14-10-6-2)88-99-91(95)83-79-75-71-67-63-59-55-51-47-43-39-35-31-27-23-19-15-11-7-3/h5-88H2,1-4H3. The van der Waals surface area contributed by atoms with Crippen molar-refractivity contribution in [2.24, 2.45) is 5.41 Å². The van der Waals surface area contributed by atoms with Crippen molar-refractivity contribution >= 4 is 17.9 Å². The number of hydrogen-bond donors (Lipinski definition) is 0. The molecule has 0 aliphatic heterocycles. The van der Waals surface area contributed by atoms with E-state index < -0.39 is 5.41 Å². The third-order valence-electron chi connectivity index (χ3n) is 21.9. The van der Waals surface area contributed by atoms with Gasteiger partial charge >= 0.3 is 17.9 Å². The minimum atomic E-state index is -0.969. The van der Waals surface area contributed by atoms with E-state index in [2.05, 4.69) is 27.7 Å². The summed E-state index contributed by atoms with van der Waals surface area (Å²) in [6.07, 6.45) is 102. The Balaban J connectivity index is 5.28. The minimum absolute atomic E-state index is 0.00320. The lowest BCUT2D eigenvalue weighted by Crippen LogP contribution is -2.43. The monoisotopic (exact) mass is 1400 g/mol. The van der Waals surface area contributed by atoms with Gasteiger partial charge in [-0.1, -0.05) is 490 Å². The Hall–Kier alpha value is -1.63. The number of rotatable bonds is 88. The van der Waals surface area contributed by atoms with Gasteiger partial charge in [0, 0.05) is 25.9 Å². The van der Waals surface area contributed by atoms with Crippen LogP contribution in [0.1, 0.15) is 535 Å². The molecule has 0 aromatic heterocycles. The summed E-state index contributed by atoms with van der Waals surface area (Å²) in [5, 5.41) is 0. The van der Waals surface area contributed by atoms with E-state index in [1.807, 2.05) is 0 Å². The van der Waals surface area contributed by atoms with Gasteiger partial charge in [-0.3, -0.25) is 14.4 Å². The van der Waals surface area contributed by atoms with Crippen molar-refractivity contribution in [3.8, 4) is 0 Å². The predicted molar refractivity (Wildman–Crippen MR) is 434 cm³/mol. The van der Waals surface area contributed by atoms with Crippen molar-refractivity contribution in [2.75, 3.05) is 33.0 Å². The van der Waals surface area contributed by atoms with Crippen LogP contribution in [0.2, 0.25) is 0 Å². The summed E-state index contributed by atoms with van der Waals surface area (Å²) in [5.41, 5.74) is -0.969. The van der Waals surface area contributed by atoms with Crippen LogP contribution >= 0.6 is 0 Å². The first-order valence-corrected chi connectivity index (χ1v) is 46.0. The van der Waals surface area contributed by atoms with Crippen molar-refractivity contribution < 1.29 is 33.3 Å². The molecule has 7 heteroatoms. The lowest BCUT2D eigenvalue weighted by Gasteiger charge is -2.32. The molecule has 0 unspecified atom stereocenters. The summed E-state index contributed by atoms with van der Waals surface area (Å²) in [7, 11) is 0. The van der Waals surface area contributed by atoms with Gasteiger partial charge in [0.25, 0.3) is 0 Å². The topological polar surface area (TPSA) is 88.1 Å². The van der Waals surface area contributed by atoms with Crippen LogP contribution in [-0.2, 0) is 33.3 Å². The maximum absolute atomic E-state index is 13.5. The zero-order chi connectivity index (χ0) is 71.5. The number of carbonyl (C=O) groups excluding carboxylic acids is 3. The molecule has 0 aromatic carbocycles. The van der Waals surface area contributed by atoms with Crippen LogP contribution < -0.4 is 0 Å². The smallest absolute Gasteiger partial charge is 0.305 e. The highest BCUT2D eigenvalue weighted by atomic mass is 16.6. The van der Waals surface area contributed by atoms with E-state index in [4.69, 9.17) is 18.9 Å². The van der Waals surface area contributed by atoms with Crippen molar-refractivity contribution in [3.05, 3.63) is 0 Å². The van der Waals surface area contributed by atoms with Gasteiger partial charge in [0.2, 0.25) is 0 Å². The average Bonchev–Trinajstić information content (AvgIpc) is 0.882. The number of ether oxygens (including phenoxy) is 4. The molecular weight excluding hydrogens is 1220 g/mol. The Morgan fingerprint density at radius 1 is 0.172 bits per heavy atom. The second kappa shape index (κ2) is 85.3. The van der Waals surface area contributed by atoms with E-state index in [1.165, 1.54) is 417 Å². The summed E-state index contributed by atoms with van der Waals surface area (Å²) in [5.74, 6) is -0.692. The van der Waals surface area contributed by atoms with Crippen LogP contribution in [0.4, 0.5) is 0 Å². The van der Waals surface area contributed by atoms with Gasteiger partial charge in [-0.25, -0.2) is 0 Å². The molecule has 0 spiro atoms. The summed E-state index contributed by atoms with van der Waals surface area (Å²) in [4.78, 5) is 40.6. The molecule has 0 aliphatic carbocycles. The normalized spacial score (nSPS) is 11.8. The fraction of sp³-hybridized carbons (Fsp3) is 0.967. The average molecular weight is 1400 g/mol. The van der Waals surface area contributed by atoms with Crippen LogP contribution in [0.25, 0.3) is 0 Å². The molecule has 0 amide bonds. The molecule has 0 aliphatic rings. The maximum atomic E-state index is 13.5. The highest BCUT2D eigenvalue weighted by Gasteiger charge is 2.37. The third kappa shape index (κ3) is 80.3. The zero-order valence-electron chi connectivity index (χ0n) is 68.3. The fourth-order valence-corrected chi connectivity index (χ4v) is 14.8. The van der Waals surface area contributed by atoms with Gasteiger partial charge in [0.05, 0.1) is 12.0 Å². The molecule has 590 valence electrons. The van der Waals surface area contributed by atoms with Crippen LogP contribution in [0.3, 0.4) is 0 Å². The van der Waals surface area contributed by atoms with Crippen molar-refractivity contribution in [1.82, 2.24) is 0 Å². The molecule has 0 heterocycles. The van der Waals surface area contributed by atoms with Crippen molar-refractivity contribution in [1.29, 1.82) is 0 Å². The summed E-state index contributed by atoms with van der Waals surface area (Å²) >= 11 is 0. The largest absolute Gasteiger partial charge is 0.465 e. The molecule has 0 saturated carbocycles. The van der Waals surface area contributed by atoms with Crippen LogP contribution in [0.5, 0.6) is 0 Å². The number of carbonyl (C=O) groups is 3.